The fourth-order valence-corrected chi connectivity index (χ4v) is 3.04. The van der Waals surface area contributed by atoms with Crippen LogP contribution in [-0.2, 0) is 16.3 Å². The molecule has 0 fully saturated rings. The van der Waals surface area contributed by atoms with Gasteiger partial charge in [0.1, 0.15) is 17.3 Å². The maximum absolute atomic E-state index is 13.9. The molecule has 140 valence electrons. The number of ether oxygens (including phenoxy) is 2. The molecule has 8 heteroatoms. The van der Waals surface area contributed by atoms with Gasteiger partial charge in [-0.15, -0.1) is 0 Å². The molecule has 1 amide bonds. The molecule has 0 aliphatic carbocycles. The second-order valence-corrected chi connectivity index (χ2v) is 7.61. The van der Waals surface area contributed by atoms with E-state index in [1.165, 1.54) is 7.11 Å². The Morgan fingerprint density at radius 1 is 1.12 bits per heavy atom. The number of nitrogens with one attached hydrogen (secondary N) is 1. The Kier molecular flexibility index (Phi) is 6.20. The molecule has 26 heavy (non-hydrogen) atoms. The summed E-state index contributed by atoms with van der Waals surface area (Å²) in [6.07, 6.45) is 1.43. The zero-order valence-corrected chi connectivity index (χ0v) is 15.5. The van der Waals surface area contributed by atoms with Crippen molar-refractivity contribution in [1.82, 2.24) is 5.32 Å². The molecular formula is C18H20FNO5S. The van der Waals surface area contributed by atoms with E-state index in [1.54, 1.807) is 25.3 Å². The van der Waals surface area contributed by atoms with Gasteiger partial charge in [-0.3, -0.25) is 4.79 Å². The molecule has 0 aliphatic rings. The highest BCUT2D eigenvalue weighted by molar-refractivity contribution is 7.90. The molecule has 6 nitrogen and oxygen atoms in total. The first-order chi connectivity index (χ1) is 12.3. The molecule has 2 aromatic rings. The third kappa shape index (κ3) is 4.72. The lowest BCUT2D eigenvalue weighted by molar-refractivity contribution is 0.0950. The van der Waals surface area contributed by atoms with E-state index in [0.29, 0.717) is 17.9 Å². The van der Waals surface area contributed by atoms with Crippen LogP contribution in [0.3, 0.4) is 0 Å². The number of carbonyl (C=O) groups is 1. The van der Waals surface area contributed by atoms with Crippen LogP contribution < -0.4 is 14.8 Å². The quantitative estimate of drug-likeness (QED) is 0.744. The van der Waals surface area contributed by atoms with Gasteiger partial charge in [-0.05, 0) is 48.4 Å². The first-order valence-electron chi connectivity index (χ1n) is 7.75. The number of methoxy groups -OCH3 is 2. The minimum Gasteiger partial charge on any atom is -0.497 e. The van der Waals surface area contributed by atoms with Crippen LogP contribution in [0.25, 0.3) is 0 Å². The Balaban J connectivity index is 2.10. The van der Waals surface area contributed by atoms with Gasteiger partial charge in [0.25, 0.3) is 5.91 Å². The van der Waals surface area contributed by atoms with Gasteiger partial charge in [0, 0.05) is 12.8 Å². The highest BCUT2D eigenvalue weighted by Crippen LogP contribution is 2.24. The second kappa shape index (κ2) is 8.18. The Hall–Kier alpha value is -2.61. The summed E-state index contributed by atoms with van der Waals surface area (Å²) in [5.74, 6) is -0.173. The highest BCUT2D eigenvalue weighted by atomic mass is 32.2. The minimum absolute atomic E-state index is 0.112. The van der Waals surface area contributed by atoms with Crippen molar-refractivity contribution in [3.05, 3.63) is 53.3 Å². The van der Waals surface area contributed by atoms with Gasteiger partial charge in [-0.25, -0.2) is 12.8 Å². The average molecular weight is 381 g/mol. The number of carbonyl (C=O) groups excluding carboxylic acids is 1. The van der Waals surface area contributed by atoms with Gasteiger partial charge in [0.05, 0.1) is 24.7 Å². The minimum atomic E-state index is -3.53. The number of sulfone groups is 1. The predicted octanol–water partition coefficient (Wildman–Crippen LogP) is 2.22. The summed E-state index contributed by atoms with van der Waals surface area (Å²) in [6.45, 7) is 0.213. The van der Waals surface area contributed by atoms with Crippen LogP contribution >= 0.6 is 0 Å². The molecule has 0 aliphatic heterocycles. The summed E-state index contributed by atoms with van der Waals surface area (Å²) in [4.78, 5) is 12.1. The summed E-state index contributed by atoms with van der Waals surface area (Å²) in [6, 6.07) is 8.43. The predicted molar refractivity (Wildman–Crippen MR) is 95.1 cm³/mol. The summed E-state index contributed by atoms with van der Waals surface area (Å²) >= 11 is 0. The third-order valence-electron chi connectivity index (χ3n) is 3.78. The van der Waals surface area contributed by atoms with Crippen molar-refractivity contribution in [2.45, 2.75) is 11.3 Å². The Bertz CT molecular complexity index is 912. The summed E-state index contributed by atoms with van der Waals surface area (Å²) in [7, 11) is -0.449. The molecule has 0 heterocycles. The van der Waals surface area contributed by atoms with Crippen molar-refractivity contribution in [2.75, 3.05) is 27.0 Å². The fraction of sp³-hybridized carbons (Fsp3) is 0.278. The van der Waals surface area contributed by atoms with E-state index in [2.05, 4.69) is 5.32 Å². The molecule has 2 aromatic carbocycles. The lowest BCUT2D eigenvalue weighted by Crippen LogP contribution is -2.27. The maximum Gasteiger partial charge on any atom is 0.254 e. The topological polar surface area (TPSA) is 81.7 Å². The first kappa shape index (κ1) is 19.7. The lowest BCUT2D eigenvalue weighted by atomic mass is 10.1. The molecule has 0 bridgehead atoms. The molecule has 1 N–H and O–H groups in total. The molecule has 0 aromatic heterocycles. The lowest BCUT2D eigenvalue weighted by Gasteiger charge is -2.11. The van der Waals surface area contributed by atoms with Crippen molar-refractivity contribution >= 4 is 15.7 Å². The Morgan fingerprint density at radius 2 is 1.85 bits per heavy atom. The molecular weight excluding hydrogens is 361 g/mol. The molecule has 0 saturated heterocycles. The van der Waals surface area contributed by atoms with E-state index in [4.69, 9.17) is 9.47 Å². The van der Waals surface area contributed by atoms with E-state index in [0.717, 1.165) is 30.0 Å². The first-order valence-corrected chi connectivity index (χ1v) is 9.64. The van der Waals surface area contributed by atoms with E-state index in [1.807, 2.05) is 0 Å². The second-order valence-electron chi connectivity index (χ2n) is 5.60. The molecule has 0 spiro atoms. The van der Waals surface area contributed by atoms with Crippen LogP contribution in [0, 0.1) is 5.82 Å². The van der Waals surface area contributed by atoms with Gasteiger partial charge < -0.3 is 14.8 Å². The summed E-state index contributed by atoms with van der Waals surface area (Å²) < 4.78 is 47.4. The SMILES string of the molecule is COc1ccc(OC)c(CCNC(=O)c2cc(S(C)(=O)=O)ccc2F)c1. The standard InChI is InChI=1S/C18H20FNO5S/c1-24-13-4-7-17(25-2)12(10-13)8-9-20-18(21)15-11-14(26(3,22)23)5-6-16(15)19/h4-7,10-11H,8-9H2,1-3H3,(H,20,21). The van der Waals surface area contributed by atoms with Crippen LogP contribution in [0.15, 0.2) is 41.3 Å². The zero-order valence-electron chi connectivity index (χ0n) is 14.7. The zero-order chi connectivity index (χ0) is 19.3. The Morgan fingerprint density at radius 3 is 2.46 bits per heavy atom. The molecule has 2 rings (SSSR count). The van der Waals surface area contributed by atoms with Crippen LogP contribution in [0.1, 0.15) is 15.9 Å². The number of rotatable bonds is 7. The van der Waals surface area contributed by atoms with Crippen LogP contribution in [0.5, 0.6) is 11.5 Å². The van der Waals surface area contributed by atoms with E-state index in [-0.39, 0.29) is 17.0 Å². The number of benzene rings is 2. The van der Waals surface area contributed by atoms with Gasteiger partial charge in [-0.1, -0.05) is 0 Å². The number of hydrogen-bond acceptors (Lipinski definition) is 5. The van der Waals surface area contributed by atoms with Crippen molar-refractivity contribution in [2.24, 2.45) is 0 Å². The third-order valence-corrected chi connectivity index (χ3v) is 4.89. The van der Waals surface area contributed by atoms with Crippen LogP contribution in [0.4, 0.5) is 4.39 Å². The molecule has 0 unspecified atom stereocenters. The Labute approximate surface area is 151 Å². The smallest absolute Gasteiger partial charge is 0.254 e. The number of halogens is 1. The van der Waals surface area contributed by atoms with Crippen LogP contribution in [-0.4, -0.2) is 41.3 Å². The molecule has 0 saturated carbocycles. The van der Waals surface area contributed by atoms with Gasteiger partial charge in [0.2, 0.25) is 0 Å². The van der Waals surface area contributed by atoms with E-state index < -0.39 is 21.6 Å². The van der Waals surface area contributed by atoms with Crippen molar-refractivity contribution in [1.29, 1.82) is 0 Å². The van der Waals surface area contributed by atoms with E-state index >= 15 is 0 Å². The fourth-order valence-electron chi connectivity index (χ4n) is 2.39. The normalized spacial score (nSPS) is 11.1. The van der Waals surface area contributed by atoms with Gasteiger partial charge in [0.15, 0.2) is 9.84 Å². The monoisotopic (exact) mass is 381 g/mol. The summed E-state index contributed by atoms with van der Waals surface area (Å²) in [5.41, 5.74) is 0.503. The largest absolute Gasteiger partial charge is 0.497 e. The van der Waals surface area contributed by atoms with Gasteiger partial charge in [-0.2, -0.15) is 0 Å². The van der Waals surface area contributed by atoms with Crippen molar-refractivity contribution in [3.63, 3.8) is 0 Å². The molecule has 0 radical (unpaired) electrons. The van der Waals surface area contributed by atoms with Crippen LogP contribution in [0.2, 0.25) is 0 Å². The summed E-state index contributed by atoms with van der Waals surface area (Å²) in [5, 5.41) is 2.59. The highest BCUT2D eigenvalue weighted by Gasteiger charge is 2.16. The van der Waals surface area contributed by atoms with Gasteiger partial charge >= 0.3 is 0 Å². The number of hydrogen-bond donors (Lipinski definition) is 1. The molecule has 0 atom stereocenters. The maximum atomic E-state index is 13.9. The van der Waals surface area contributed by atoms with E-state index in [9.17, 15) is 17.6 Å². The van der Waals surface area contributed by atoms with Crippen molar-refractivity contribution in [3.8, 4) is 11.5 Å². The number of amides is 1. The van der Waals surface area contributed by atoms with Crippen molar-refractivity contribution < 1.29 is 27.1 Å². The average Bonchev–Trinajstić information content (AvgIpc) is 2.60.